The monoisotopic (exact) mass is 587 g/mol. The molecule has 0 saturated carbocycles. The lowest BCUT2D eigenvalue weighted by Crippen LogP contribution is -1.97. The highest BCUT2D eigenvalue weighted by Crippen LogP contribution is 2.44. The molecule has 1 aromatic heterocycles. The molecular weight excluding hydrogens is 544 g/mol. The van der Waals surface area contributed by atoms with Crippen LogP contribution in [0.15, 0.2) is 169 Å². The van der Waals surface area contributed by atoms with Crippen LogP contribution in [0.5, 0.6) is 0 Å². The molecule has 0 radical (unpaired) electrons. The van der Waals surface area contributed by atoms with Gasteiger partial charge in [-0.05, 0) is 90.9 Å². The molecule has 2 nitrogen and oxygen atoms in total. The van der Waals surface area contributed by atoms with Gasteiger partial charge in [0.25, 0.3) is 0 Å². The third kappa shape index (κ3) is 4.15. The number of benzene rings is 8. The van der Waals surface area contributed by atoms with Crippen LogP contribution in [0.1, 0.15) is 20.6 Å². The van der Waals surface area contributed by atoms with Gasteiger partial charge < -0.3 is 0 Å². The molecule has 0 N–H and O–H groups in total. The van der Waals surface area contributed by atoms with Gasteiger partial charge >= 0.3 is 0 Å². The quantitative estimate of drug-likeness (QED) is 0.187. The molecule has 0 atom stereocenters. The molecule has 0 spiro atoms. The predicted molar refractivity (Wildman–Crippen MR) is 190 cm³/mol. The fourth-order valence-corrected chi connectivity index (χ4v) is 5.94. The Hall–Kier alpha value is -5.99. The molecule has 0 aliphatic rings. The average Bonchev–Trinajstić information content (AvgIpc) is 3.65. The Kier molecular flexibility index (Phi) is 3.36. The first kappa shape index (κ1) is 14.7. The largest absolute Gasteiger partial charge is 0.292 e. The van der Waals surface area contributed by atoms with E-state index in [-0.39, 0.29) is 32.7 Å². The normalized spacial score (nSPS) is 16.2. The lowest BCUT2D eigenvalue weighted by atomic mass is 9.85. The van der Waals surface area contributed by atoms with Crippen LogP contribution in [-0.4, -0.2) is 9.55 Å². The van der Waals surface area contributed by atoms with Crippen LogP contribution >= 0.6 is 0 Å². The molecule has 45 heavy (non-hydrogen) atoms. The highest BCUT2D eigenvalue weighted by molar-refractivity contribution is 6.21. The Morgan fingerprint density at radius 1 is 0.489 bits per heavy atom. The zero-order chi connectivity index (χ0) is 42.8. The highest BCUT2D eigenvalue weighted by atomic mass is 15.1. The van der Waals surface area contributed by atoms with Crippen LogP contribution in [0.4, 0.5) is 0 Å². The van der Waals surface area contributed by atoms with E-state index in [2.05, 4.69) is 0 Å². The van der Waals surface area contributed by atoms with Crippen molar-refractivity contribution in [2.24, 2.45) is 0 Å². The van der Waals surface area contributed by atoms with Crippen LogP contribution in [0, 0.1) is 0 Å². The van der Waals surface area contributed by atoms with Gasteiger partial charge in [0, 0.05) is 11.3 Å². The zero-order valence-corrected chi connectivity index (χ0v) is 23.4. The van der Waals surface area contributed by atoms with E-state index >= 15 is 0 Å². The van der Waals surface area contributed by atoms with Gasteiger partial charge in [-0.15, -0.1) is 0 Å². The fraction of sp³-hybridized carbons (Fsp3) is 0. The van der Waals surface area contributed by atoms with E-state index in [0.717, 1.165) is 11.2 Å². The lowest BCUT2D eigenvalue weighted by molar-refractivity contribution is 1.10. The molecule has 2 heteroatoms. The molecule has 210 valence electrons. The molecule has 1 heterocycles. The highest BCUT2D eigenvalue weighted by Gasteiger charge is 2.19. The molecular formula is C43H28N2. The summed E-state index contributed by atoms with van der Waals surface area (Å²) >= 11 is 0. The maximum atomic E-state index is 9.44. The van der Waals surface area contributed by atoms with Crippen molar-refractivity contribution in [2.45, 2.75) is 0 Å². The Bertz CT molecular complexity index is 3300. The van der Waals surface area contributed by atoms with E-state index in [1.807, 2.05) is 59.2 Å². The van der Waals surface area contributed by atoms with Gasteiger partial charge in [0.15, 0.2) is 0 Å². The molecule has 9 aromatic rings. The molecule has 0 amide bonds. The summed E-state index contributed by atoms with van der Waals surface area (Å²) in [5.74, 6) is 0.514. The average molecular weight is 588 g/mol. The molecule has 0 saturated heterocycles. The number of aromatic nitrogens is 2. The van der Waals surface area contributed by atoms with Crippen LogP contribution in [0.2, 0.25) is 0 Å². The Labute approximate surface area is 282 Å². The summed E-state index contributed by atoms with van der Waals surface area (Å²) in [4.78, 5) is 4.97. The summed E-state index contributed by atoms with van der Waals surface area (Å²) in [6.07, 6.45) is 0. The second-order valence-corrected chi connectivity index (χ2v) is 10.4. The smallest absolute Gasteiger partial charge is 0.145 e. The third-order valence-corrected chi connectivity index (χ3v) is 7.86. The van der Waals surface area contributed by atoms with Crippen molar-refractivity contribution in [3.8, 4) is 39.3 Å². The maximum absolute atomic E-state index is 9.44. The van der Waals surface area contributed by atoms with Gasteiger partial charge in [0.05, 0.1) is 31.6 Å². The van der Waals surface area contributed by atoms with Crippen molar-refractivity contribution < 1.29 is 20.6 Å². The van der Waals surface area contributed by atoms with Gasteiger partial charge in [-0.2, -0.15) is 0 Å². The summed E-state index contributed by atoms with van der Waals surface area (Å²) < 4.78 is 136. The van der Waals surface area contributed by atoms with Gasteiger partial charge in [-0.1, -0.05) is 133 Å². The number of hydrogen-bond acceptors (Lipinski definition) is 1. The Balaban J connectivity index is 1.50. The number of imidazole rings is 1. The SMILES string of the molecule is [2H]c1c([2H])c([2H])c2c([2H])c(-c3c4c([2H])c([2H])c([2H])c([2H])c4c(-c4cccc(-c5nc6ccccc6n5-c5ccccc5)c4)c4c([2H])c([2H])c([2H])c([2H])c34)c([2H])c([2H])c2c1[2H]. The number of nitrogens with zero attached hydrogens (tertiary/aromatic N) is 2. The second kappa shape index (κ2) is 10.3. The van der Waals surface area contributed by atoms with Gasteiger partial charge in [0.2, 0.25) is 0 Å². The van der Waals surface area contributed by atoms with Crippen LogP contribution in [0.3, 0.4) is 0 Å². The zero-order valence-electron chi connectivity index (χ0n) is 38.4. The number of para-hydroxylation sites is 3. The summed E-state index contributed by atoms with van der Waals surface area (Å²) in [6.45, 7) is 0. The number of rotatable bonds is 4. The van der Waals surface area contributed by atoms with E-state index in [9.17, 15) is 8.22 Å². The first-order valence-electron chi connectivity index (χ1n) is 21.7. The summed E-state index contributed by atoms with van der Waals surface area (Å²) in [5.41, 5.74) is 2.30. The van der Waals surface area contributed by atoms with Crippen LogP contribution in [0.25, 0.3) is 82.7 Å². The Morgan fingerprint density at radius 3 is 1.82 bits per heavy atom. The molecule has 0 unspecified atom stereocenters. The van der Waals surface area contributed by atoms with Crippen molar-refractivity contribution in [1.82, 2.24) is 9.55 Å². The van der Waals surface area contributed by atoms with E-state index in [1.165, 1.54) is 0 Å². The minimum absolute atomic E-state index is 0.0128. The van der Waals surface area contributed by atoms with Crippen molar-refractivity contribution in [3.63, 3.8) is 0 Å². The van der Waals surface area contributed by atoms with Gasteiger partial charge in [-0.25, -0.2) is 4.98 Å². The standard InChI is InChI=1S/C43H28N2/c1-2-17-34(18-3-1)45-40-24-11-10-23-39(40)44-43(45)33-16-12-15-31(28-33)41-35-19-6-8-21-37(35)42(38-22-9-7-20-36(38)41)32-26-25-29-13-4-5-14-30(29)27-32/h1-28H/i4D,5D,6D,7D,8D,9D,13D,14D,19D,20D,21D,22D,25D,26D,27D. The van der Waals surface area contributed by atoms with Gasteiger partial charge in [0.1, 0.15) is 5.82 Å². The maximum Gasteiger partial charge on any atom is 0.145 e. The van der Waals surface area contributed by atoms with Crippen molar-refractivity contribution in [3.05, 3.63) is 169 Å². The topological polar surface area (TPSA) is 17.8 Å². The lowest BCUT2D eigenvalue weighted by Gasteiger charge is -2.18. The van der Waals surface area contributed by atoms with E-state index in [0.29, 0.717) is 22.5 Å². The third-order valence-electron chi connectivity index (χ3n) is 7.86. The van der Waals surface area contributed by atoms with Gasteiger partial charge in [-0.3, -0.25) is 4.57 Å². The minimum Gasteiger partial charge on any atom is -0.292 e. The van der Waals surface area contributed by atoms with Crippen molar-refractivity contribution >= 4 is 43.4 Å². The predicted octanol–water partition coefficient (Wildman–Crippen LogP) is 11.5. The molecule has 0 aliphatic carbocycles. The Morgan fingerprint density at radius 2 is 1.09 bits per heavy atom. The van der Waals surface area contributed by atoms with Crippen molar-refractivity contribution in [2.75, 3.05) is 0 Å². The molecule has 9 rings (SSSR count). The van der Waals surface area contributed by atoms with Crippen LogP contribution < -0.4 is 0 Å². The molecule has 0 aliphatic heterocycles. The van der Waals surface area contributed by atoms with Crippen molar-refractivity contribution in [1.29, 1.82) is 0 Å². The van der Waals surface area contributed by atoms with Crippen LogP contribution in [-0.2, 0) is 0 Å². The molecule has 8 aromatic carbocycles. The molecule has 0 bridgehead atoms. The first-order chi connectivity index (χ1) is 28.6. The van der Waals surface area contributed by atoms with E-state index in [1.54, 1.807) is 24.3 Å². The second-order valence-electron chi connectivity index (χ2n) is 10.4. The summed E-state index contributed by atoms with van der Waals surface area (Å²) in [5, 5.41) is -1.84. The number of fused-ring (bicyclic) bond motifs is 4. The fourth-order valence-electron chi connectivity index (χ4n) is 5.94. The van der Waals surface area contributed by atoms with E-state index in [4.69, 9.17) is 17.3 Å². The van der Waals surface area contributed by atoms with E-state index < -0.39 is 107 Å². The first-order valence-corrected chi connectivity index (χ1v) is 14.2. The summed E-state index contributed by atoms with van der Waals surface area (Å²) in [7, 11) is 0. The summed E-state index contributed by atoms with van der Waals surface area (Å²) in [6, 6.07) is 13.9. The minimum atomic E-state index is -0.741. The molecule has 0 fully saturated rings. The number of hydrogen-bond donors (Lipinski definition) is 0.